The number of carboxylic acids is 1. The normalized spacial score (nSPS) is 20.7. The minimum atomic E-state index is -4.49. The molecule has 0 spiro atoms. The number of aliphatic carboxylic acids is 1. The number of hydrogen-bond donors (Lipinski definition) is 1. The van der Waals surface area contributed by atoms with Gasteiger partial charge in [-0.15, -0.1) is 0 Å². The molecule has 0 aliphatic carbocycles. The molecule has 1 heterocycles. The van der Waals surface area contributed by atoms with Gasteiger partial charge in [-0.2, -0.15) is 13.2 Å². The molecule has 5 nitrogen and oxygen atoms in total. The van der Waals surface area contributed by atoms with Crippen LogP contribution in [0.5, 0.6) is 0 Å². The van der Waals surface area contributed by atoms with Crippen molar-refractivity contribution in [2.45, 2.75) is 31.5 Å². The van der Waals surface area contributed by atoms with Crippen LogP contribution in [0.3, 0.4) is 0 Å². The summed E-state index contributed by atoms with van der Waals surface area (Å²) in [7, 11) is 1.02. The van der Waals surface area contributed by atoms with E-state index < -0.39 is 30.8 Å². The Morgan fingerprint density at radius 1 is 1.39 bits per heavy atom. The Morgan fingerprint density at radius 2 is 2.00 bits per heavy atom. The zero-order chi connectivity index (χ0) is 13.9. The predicted molar refractivity (Wildman–Crippen MR) is 56.1 cm³/mol. The number of alkyl halides is 3. The third kappa shape index (κ3) is 3.78. The van der Waals surface area contributed by atoms with Gasteiger partial charge in [0.15, 0.2) is 0 Å². The quantitative estimate of drug-likeness (QED) is 0.826. The number of carboxylic acid groups (broad SMARTS) is 1. The van der Waals surface area contributed by atoms with Crippen LogP contribution in [0.2, 0.25) is 0 Å². The monoisotopic (exact) mass is 268 g/mol. The number of rotatable bonds is 2. The second-order valence-corrected chi connectivity index (χ2v) is 4.30. The first-order valence-corrected chi connectivity index (χ1v) is 5.53. The summed E-state index contributed by atoms with van der Waals surface area (Å²) in [6.45, 7) is -1.20. The number of carbonyl (C=O) groups excluding carboxylic acids is 1. The maximum atomic E-state index is 12.2. The highest BCUT2D eigenvalue weighted by Gasteiger charge is 2.37. The van der Waals surface area contributed by atoms with Gasteiger partial charge in [-0.05, 0) is 19.3 Å². The van der Waals surface area contributed by atoms with Crippen molar-refractivity contribution < 1.29 is 27.9 Å². The molecule has 0 aromatic heterocycles. The Bertz CT molecular complexity index is 333. The van der Waals surface area contributed by atoms with Crippen molar-refractivity contribution in [1.82, 2.24) is 9.80 Å². The van der Waals surface area contributed by atoms with Crippen LogP contribution in [-0.4, -0.2) is 59.3 Å². The lowest BCUT2D eigenvalue weighted by atomic mass is 10.0. The first-order chi connectivity index (χ1) is 8.22. The second-order valence-electron chi connectivity index (χ2n) is 4.30. The van der Waals surface area contributed by atoms with Crippen LogP contribution in [0.25, 0.3) is 0 Å². The van der Waals surface area contributed by atoms with Gasteiger partial charge in [-0.3, -0.25) is 0 Å². The van der Waals surface area contributed by atoms with Crippen LogP contribution >= 0.6 is 0 Å². The number of hydrogen-bond acceptors (Lipinski definition) is 2. The van der Waals surface area contributed by atoms with Crippen LogP contribution < -0.4 is 0 Å². The molecule has 2 amide bonds. The highest BCUT2D eigenvalue weighted by atomic mass is 19.4. The summed E-state index contributed by atoms with van der Waals surface area (Å²) >= 11 is 0. The summed E-state index contributed by atoms with van der Waals surface area (Å²) in [6, 6.07) is -1.92. The molecule has 1 atom stereocenters. The summed E-state index contributed by atoms with van der Waals surface area (Å²) in [5, 5.41) is 8.94. The molecule has 104 valence electrons. The van der Waals surface area contributed by atoms with Crippen molar-refractivity contribution in [3.63, 3.8) is 0 Å². The molecule has 0 aromatic carbocycles. The van der Waals surface area contributed by atoms with E-state index in [1.165, 1.54) is 0 Å². The van der Waals surface area contributed by atoms with Crippen molar-refractivity contribution in [3.05, 3.63) is 0 Å². The minimum Gasteiger partial charge on any atom is -0.480 e. The van der Waals surface area contributed by atoms with Crippen LogP contribution in [0.15, 0.2) is 0 Å². The van der Waals surface area contributed by atoms with Crippen LogP contribution in [0.4, 0.5) is 18.0 Å². The highest BCUT2D eigenvalue weighted by molar-refractivity contribution is 5.82. The first-order valence-electron chi connectivity index (χ1n) is 5.53. The molecule has 8 heteroatoms. The van der Waals surface area contributed by atoms with E-state index in [-0.39, 0.29) is 13.0 Å². The lowest BCUT2D eigenvalue weighted by molar-refractivity contribution is -0.145. The third-order valence-corrected chi connectivity index (χ3v) is 2.78. The molecule has 1 aliphatic heterocycles. The maximum Gasteiger partial charge on any atom is 0.406 e. The molecule has 1 fully saturated rings. The summed E-state index contributed by atoms with van der Waals surface area (Å²) < 4.78 is 36.5. The van der Waals surface area contributed by atoms with Gasteiger partial charge in [0.1, 0.15) is 12.6 Å². The molecule has 1 aliphatic rings. The average molecular weight is 268 g/mol. The van der Waals surface area contributed by atoms with Gasteiger partial charge in [-0.25, -0.2) is 9.59 Å². The fourth-order valence-electron chi connectivity index (χ4n) is 1.97. The van der Waals surface area contributed by atoms with Gasteiger partial charge in [0.2, 0.25) is 0 Å². The number of urea groups is 1. The lowest BCUT2D eigenvalue weighted by Crippen LogP contribution is -2.53. The SMILES string of the molecule is CN(CC(F)(F)F)C(=O)N1CCCCC1C(=O)O. The van der Waals surface area contributed by atoms with E-state index in [4.69, 9.17) is 5.11 Å². The second kappa shape index (κ2) is 5.45. The molecule has 0 aromatic rings. The average Bonchev–Trinajstić information content (AvgIpc) is 2.25. The molecule has 1 saturated heterocycles. The number of amides is 2. The van der Waals surface area contributed by atoms with E-state index in [1.54, 1.807) is 0 Å². The van der Waals surface area contributed by atoms with E-state index in [0.29, 0.717) is 17.7 Å². The van der Waals surface area contributed by atoms with E-state index in [1.807, 2.05) is 0 Å². The van der Waals surface area contributed by atoms with E-state index >= 15 is 0 Å². The molecule has 1 rings (SSSR count). The van der Waals surface area contributed by atoms with Gasteiger partial charge in [0, 0.05) is 13.6 Å². The number of piperidine rings is 1. The van der Waals surface area contributed by atoms with Gasteiger partial charge >= 0.3 is 18.2 Å². The van der Waals surface area contributed by atoms with Gasteiger partial charge in [0.05, 0.1) is 0 Å². The highest BCUT2D eigenvalue weighted by Crippen LogP contribution is 2.21. The summed E-state index contributed by atoms with van der Waals surface area (Å²) in [6.07, 6.45) is -2.95. The standard InChI is InChI=1S/C10H15F3N2O3/c1-14(6-10(11,12)13)9(18)15-5-3-2-4-7(15)8(16)17/h7H,2-6H2,1H3,(H,16,17). The molecular weight excluding hydrogens is 253 g/mol. The van der Waals surface area contributed by atoms with Gasteiger partial charge in [0.25, 0.3) is 0 Å². The Hall–Kier alpha value is -1.47. The lowest BCUT2D eigenvalue weighted by Gasteiger charge is -2.35. The van der Waals surface area contributed by atoms with Crippen molar-refractivity contribution in [3.8, 4) is 0 Å². The van der Waals surface area contributed by atoms with Crippen LogP contribution in [-0.2, 0) is 4.79 Å². The van der Waals surface area contributed by atoms with Crippen molar-refractivity contribution in [2.24, 2.45) is 0 Å². The Balaban J connectivity index is 2.71. The molecule has 18 heavy (non-hydrogen) atoms. The molecule has 0 bridgehead atoms. The fraction of sp³-hybridized carbons (Fsp3) is 0.800. The van der Waals surface area contributed by atoms with E-state index in [9.17, 15) is 22.8 Å². The first kappa shape index (κ1) is 14.6. The summed E-state index contributed by atoms with van der Waals surface area (Å²) in [4.78, 5) is 24.2. The number of carbonyl (C=O) groups is 2. The zero-order valence-electron chi connectivity index (χ0n) is 9.90. The Kier molecular flexibility index (Phi) is 4.42. The van der Waals surface area contributed by atoms with E-state index in [2.05, 4.69) is 0 Å². The molecule has 0 saturated carbocycles. The topological polar surface area (TPSA) is 60.9 Å². The maximum absolute atomic E-state index is 12.2. The van der Waals surface area contributed by atoms with Crippen LogP contribution in [0, 0.1) is 0 Å². The minimum absolute atomic E-state index is 0.179. The molecule has 1 N–H and O–H groups in total. The van der Waals surface area contributed by atoms with Gasteiger partial charge in [-0.1, -0.05) is 0 Å². The Morgan fingerprint density at radius 3 is 2.50 bits per heavy atom. The number of halogens is 3. The van der Waals surface area contributed by atoms with E-state index in [0.717, 1.165) is 11.9 Å². The van der Waals surface area contributed by atoms with Crippen molar-refractivity contribution >= 4 is 12.0 Å². The number of likely N-dealkylation sites (tertiary alicyclic amines) is 1. The molecular formula is C10H15F3N2O3. The number of nitrogens with zero attached hydrogens (tertiary/aromatic N) is 2. The van der Waals surface area contributed by atoms with Crippen molar-refractivity contribution in [1.29, 1.82) is 0 Å². The molecule has 1 unspecified atom stereocenters. The Labute approximate surface area is 102 Å². The zero-order valence-corrected chi connectivity index (χ0v) is 9.90. The third-order valence-electron chi connectivity index (χ3n) is 2.78. The van der Waals surface area contributed by atoms with Crippen molar-refractivity contribution in [2.75, 3.05) is 20.1 Å². The summed E-state index contributed by atoms with van der Waals surface area (Å²) in [5.41, 5.74) is 0. The van der Waals surface area contributed by atoms with Crippen LogP contribution in [0.1, 0.15) is 19.3 Å². The summed E-state index contributed by atoms with van der Waals surface area (Å²) in [5.74, 6) is -1.18. The predicted octanol–water partition coefficient (Wildman–Crippen LogP) is 1.54. The smallest absolute Gasteiger partial charge is 0.406 e. The van der Waals surface area contributed by atoms with Gasteiger partial charge < -0.3 is 14.9 Å². The largest absolute Gasteiger partial charge is 0.480 e. The fourth-order valence-corrected chi connectivity index (χ4v) is 1.97. The molecule has 0 radical (unpaired) electrons.